The number of carbonyl (C=O) groups is 1. The van der Waals surface area contributed by atoms with Crippen LogP contribution in [0.2, 0.25) is 0 Å². The van der Waals surface area contributed by atoms with Crippen molar-refractivity contribution >= 4 is 11.6 Å². The van der Waals surface area contributed by atoms with Crippen LogP contribution in [0, 0.1) is 5.92 Å². The Morgan fingerprint density at radius 2 is 2.14 bits per heavy atom. The molecule has 3 N–H and O–H groups in total. The monoisotopic (exact) mass is 295 g/mol. The molecule has 0 spiro atoms. The smallest absolute Gasteiger partial charge is 0.269 e. The first kappa shape index (κ1) is 17.2. The minimum atomic E-state index is -0.302. The number of anilines is 1. The average Bonchev–Trinajstić information content (AvgIpc) is 2.41. The van der Waals surface area contributed by atoms with Gasteiger partial charge in [-0.3, -0.25) is 9.59 Å². The number of carbonyl (C=O) groups excluding carboxylic acids is 1. The van der Waals surface area contributed by atoms with Gasteiger partial charge in [0.25, 0.3) is 5.56 Å². The number of hydrogen-bond acceptors (Lipinski definition) is 5. The third-order valence-electron chi connectivity index (χ3n) is 3.44. The lowest BCUT2D eigenvalue weighted by Gasteiger charge is -2.19. The van der Waals surface area contributed by atoms with Gasteiger partial charge in [0.15, 0.2) is 0 Å². The summed E-state index contributed by atoms with van der Waals surface area (Å²) in [6, 6.07) is 1.52. The summed E-state index contributed by atoms with van der Waals surface area (Å²) in [7, 11) is 1.84. The van der Waals surface area contributed by atoms with Crippen molar-refractivity contribution < 1.29 is 4.79 Å². The summed E-state index contributed by atoms with van der Waals surface area (Å²) in [6.45, 7) is 7.04. The molecule has 0 aliphatic rings. The molecule has 0 bridgehead atoms. The zero-order valence-corrected chi connectivity index (χ0v) is 13.2. The van der Waals surface area contributed by atoms with Gasteiger partial charge < -0.3 is 16.0 Å². The van der Waals surface area contributed by atoms with Gasteiger partial charge in [-0.2, -0.15) is 5.10 Å². The van der Waals surface area contributed by atoms with E-state index in [1.165, 1.54) is 6.07 Å². The van der Waals surface area contributed by atoms with E-state index < -0.39 is 0 Å². The Bertz CT molecular complexity index is 526. The molecule has 1 aromatic rings. The number of nitrogens with one attached hydrogen (secondary N) is 1. The lowest BCUT2D eigenvalue weighted by Crippen LogP contribution is -2.40. The van der Waals surface area contributed by atoms with Crippen LogP contribution in [-0.4, -0.2) is 41.9 Å². The fourth-order valence-electron chi connectivity index (χ4n) is 1.68. The number of hydrogen-bond donors (Lipinski definition) is 2. The molecular weight excluding hydrogens is 270 g/mol. The zero-order valence-electron chi connectivity index (χ0n) is 13.2. The number of likely N-dealkylation sites (N-methyl/N-ethyl adjacent to an activating group) is 1. The predicted molar refractivity (Wildman–Crippen MR) is 83.3 cm³/mol. The highest BCUT2D eigenvalue weighted by Crippen LogP contribution is 2.05. The Kier molecular flexibility index (Phi) is 6.36. The Morgan fingerprint density at radius 1 is 1.48 bits per heavy atom. The first-order valence-electron chi connectivity index (χ1n) is 7.13. The molecule has 1 heterocycles. The third-order valence-corrected chi connectivity index (χ3v) is 3.44. The number of rotatable bonds is 7. The van der Waals surface area contributed by atoms with Gasteiger partial charge in [-0.15, -0.1) is 0 Å². The third kappa shape index (κ3) is 5.18. The molecular formula is C14H25N5O2. The van der Waals surface area contributed by atoms with Gasteiger partial charge in [0, 0.05) is 32.2 Å². The average molecular weight is 295 g/mol. The molecule has 0 aliphatic heterocycles. The zero-order chi connectivity index (χ0) is 16.0. The van der Waals surface area contributed by atoms with Gasteiger partial charge in [0.1, 0.15) is 6.54 Å². The lowest BCUT2D eigenvalue weighted by molar-refractivity contribution is -0.122. The highest BCUT2D eigenvalue weighted by Gasteiger charge is 2.12. The normalized spacial score (nSPS) is 12.3. The van der Waals surface area contributed by atoms with Crippen LogP contribution in [0.15, 0.2) is 17.1 Å². The maximum Gasteiger partial charge on any atom is 0.269 e. The standard InChI is InChI=1S/C14H25N5O2/c1-10(2)11(3)17-13(20)9-19-14(21)7-12(8-16-19)18(4)6-5-15/h7-8,10-11H,5-6,9,15H2,1-4H3,(H,17,20). The summed E-state index contributed by atoms with van der Waals surface area (Å²) in [6.07, 6.45) is 1.57. The number of aromatic nitrogens is 2. The molecule has 0 aliphatic carbocycles. The van der Waals surface area contributed by atoms with E-state index in [-0.39, 0.29) is 24.1 Å². The van der Waals surface area contributed by atoms with Crippen LogP contribution < -0.4 is 21.5 Å². The van der Waals surface area contributed by atoms with Crippen molar-refractivity contribution in [1.82, 2.24) is 15.1 Å². The van der Waals surface area contributed by atoms with E-state index in [1.54, 1.807) is 6.20 Å². The first-order valence-corrected chi connectivity index (χ1v) is 7.13. The largest absolute Gasteiger partial charge is 0.372 e. The second kappa shape index (κ2) is 7.78. The SMILES string of the molecule is CC(C)C(C)NC(=O)Cn1ncc(N(C)CCN)cc1=O. The second-order valence-electron chi connectivity index (χ2n) is 5.52. The highest BCUT2D eigenvalue weighted by molar-refractivity contribution is 5.75. The number of nitrogens with zero attached hydrogens (tertiary/aromatic N) is 3. The molecule has 1 amide bonds. The minimum Gasteiger partial charge on any atom is -0.372 e. The Balaban J connectivity index is 2.73. The molecule has 0 fully saturated rings. The van der Waals surface area contributed by atoms with E-state index in [4.69, 9.17) is 5.73 Å². The minimum absolute atomic E-state index is 0.0585. The molecule has 7 heteroatoms. The van der Waals surface area contributed by atoms with Crippen LogP contribution in [-0.2, 0) is 11.3 Å². The van der Waals surface area contributed by atoms with Gasteiger partial charge in [-0.05, 0) is 12.8 Å². The maximum atomic E-state index is 12.0. The van der Waals surface area contributed by atoms with Crippen molar-refractivity contribution in [1.29, 1.82) is 0 Å². The van der Waals surface area contributed by atoms with Crippen LogP contribution in [0.25, 0.3) is 0 Å². The molecule has 0 saturated heterocycles. The fraction of sp³-hybridized carbons (Fsp3) is 0.643. The fourth-order valence-corrected chi connectivity index (χ4v) is 1.68. The topological polar surface area (TPSA) is 93.2 Å². The van der Waals surface area contributed by atoms with E-state index in [1.807, 2.05) is 32.7 Å². The summed E-state index contributed by atoms with van der Waals surface area (Å²) >= 11 is 0. The van der Waals surface area contributed by atoms with E-state index >= 15 is 0 Å². The first-order chi connectivity index (χ1) is 9.85. The predicted octanol–water partition coefficient (Wildman–Crippen LogP) is -0.201. The maximum absolute atomic E-state index is 12.0. The molecule has 1 aromatic heterocycles. The van der Waals surface area contributed by atoms with Crippen molar-refractivity contribution in [3.63, 3.8) is 0 Å². The summed E-state index contributed by atoms with van der Waals surface area (Å²) in [4.78, 5) is 25.7. The van der Waals surface area contributed by atoms with Gasteiger partial charge >= 0.3 is 0 Å². The molecule has 0 saturated carbocycles. The Morgan fingerprint density at radius 3 is 2.67 bits per heavy atom. The summed E-state index contributed by atoms with van der Waals surface area (Å²) in [5.74, 6) is 0.125. The van der Waals surface area contributed by atoms with Crippen LogP contribution in [0.4, 0.5) is 5.69 Å². The molecule has 118 valence electrons. The lowest BCUT2D eigenvalue weighted by atomic mass is 10.1. The molecule has 1 unspecified atom stereocenters. The number of amides is 1. The van der Waals surface area contributed by atoms with Crippen molar-refractivity contribution in [3.8, 4) is 0 Å². The molecule has 0 aromatic carbocycles. The summed E-state index contributed by atoms with van der Waals surface area (Å²) < 4.78 is 1.15. The van der Waals surface area contributed by atoms with Gasteiger partial charge in [0.05, 0.1) is 11.9 Å². The van der Waals surface area contributed by atoms with E-state index in [0.717, 1.165) is 4.68 Å². The van der Waals surface area contributed by atoms with Gasteiger partial charge in [-0.25, -0.2) is 4.68 Å². The van der Waals surface area contributed by atoms with Crippen LogP contribution in [0.3, 0.4) is 0 Å². The quantitative estimate of drug-likeness (QED) is 0.726. The Hall–Kier alpha value is -1.89. The molecule has 0 radical (unpaired) electrons. The van der Waals surface area contributed by atoms with Gasteiger partial charge in [-0.1, -0.05) is 13.8 Å². The van der Waals surface area contributed by atoms with Crippen LogP contribution in [0.1, 0.15) is 20.8 Å². The van der Waals surface area contributed by atoms with Crippen LogP contribution >= 0.6 is 0 Å². The van der Waals surface area contributed by atoms with Crippen molar-refractivity contribution in [2.24, 2.45) is 11.7 Å². The molecule has 21 heavy (non-hydrogen) atoms. The Labute approximate surface area is 125 Å². The molecule has 7 nitrogen and oxygen atoms in total. The molecule has 1 atom stereocenters. The highest BCUT2D eigenvalue weighted by atomic mass is 16.2. The van der Waals surface area contributed by atoms with Gasteiger partial charge in [0.2, 0.25) is 5.91 Å². The van der Waals surface area contributed by atoms with E-state index in [0.29, 0.717) is 24.7 Å². The summed E-state index contributed by atoms with van der Waals surface area (Å²) in [5, 5.41) is 6.88. The number of nitrogens with two attached hydrogens (primary N) is 1. The molecule has 1 rings (SSSR count). The van der Waals surface area contributed by atoms with Crippen molar-refractivity contribution in [2.75, 3.05) is 25.0 Å². The summed E-state index contributed by atoms with van der Waals surface area (Å²) in [5.41, 5.74) is 5.86. The van der Waals surface area contributed by atoms with Crippen molar-refractivity contribution in [3.05, 3.63) is 22.6 Å². The van der Waals surface area contributed by atoms with Crippen molar-refractivity contribution in [2.45, 2.75) is 33.4 Å². The van der Waals surface area contributed by atoms with Crippen LogP contribution in [0.5, 0.6) is 0 Å². The van der Waals surface area contributed by atoms with E-state index in [9.17, 15) is 9.59 Å². The second-order valence-corrected chi connectivity index (χ2v) is 5.52. The van der Waals surface area contributed by atoms with E-state index in [2.05, 4.69) is 10.4 Å².